The summed E-state index contributed by atoms with van der Waals surface area (Å²) in [6, 6.07) is 4.03. The molecular weight excluding hydrogens is 319 g/mol. The van der Waals surface area contributed by atoms with Gasteiger partial charge in [-0.1, -0.05) is 17.7 Å². The summed E-state index contributed by atoms with van der Waals surface area (Å²) in [6.07, 6.45) is 3.50. The van der Waals surface area contributed by atoms with Crippen molar-refractivity contribution in [3.05, 3.63) is 47.0 Å². The Hall–Kier alpha value is -2.08. The maximum atomic E-state index is 13.8. The number of hydrogen-bond acceptors (Lipinski definition) is 3. The van der Waals surface area contributed by atoms with Gasteiger partial charge in [-0.3, -0.25) is 9.48 Å². The summed E-state index contributed by atoms with van der Waals surface area (Å²) in [5.74, 6) is -0.574. The van der Waals surface area contributed by atoms with Crippen molar-refractivity contribution < 1.29 is 9.18 Å². The average molecular weight is 339 g/mol. The Morgan fingerprint density at radius 1 is 1.52 bits per heavy atom. The molecule has 1 heterocycles. The highest BCUT2D eigenvalue weighted by Gasteiger charge is 2.20. The molecule has 23 heavy (non-hydrogen) atoms. The Balaban J connectivity index is 2.01. The van der Waals surface area contributed by atoms with Crippen LogP contribution >= 0.6 is 11.6 Å². The monoisotopic (exact) mass is 338 g/mol. The molecule has 0 radical (unpaired) electrons. The minimum atomic E-state index is -0.458. The number of rotatable bonds is 6. The zero-order chi connectivity index (χ0) is 17.0. The minimum Gasteiger partial charge on any atom is -0.371 e. The minimum absolute atomic E-state index is 0.116. The van der Waals surface area contributed by atoms with E-state index in [1.165, 1.54) is 11.0 Å². The number of nitrogens with one attached hydrogen (secondary N) is 1. The zero-order valence-corrected chi connectivity index (χ0v) is 14.1. The van der Waals surface area contributed by atoms with Gasteiger partial charge in [-0.2, -0.15) is 5.10 Å². The molecule has 124 valence electrons. The van der Waals surface area contributed by atoms with Crippen LogP contribution in [0.25, 0.3) is 0 Å². The number of likely N-dealkylation sites (N-methyl/N-ethyl adjacent to an activating group) is 1. The Labute approximate surface area is 140 Å². The van der Waals surface area contributed by atoms with Crippen LogP contribution in [0.2, 0.25) is 5.02 Å². The van der Waals surface area contributed by atoms with Crippen molar-refractivity contribution in [2.75, 3.05) is 12.4 Å². The van der Waals surface area contributed by atoms with Gasteiger partial charge in [0, 0.05) is 36.9 Å². The molecule has 0 saturated heterocycles. The molecule has 7 heteroatoms. The smallest absolute Gasteiger partial charge is 0.244 e. The number of benzene rings is 1. The number of carbonyl (C=O) groups is 1. The molecule has 1 aromatic carbocycles. The predicted molar refractivity (Wildman–Crippen MR) is 88.9 cm³/mol. The van der Waals surface area contributed by atoms with Crippen LogP contribution in [0.1, 0.15) is 19.4 Å². The van der Waals surface area contributed by atoms with Crippen LogP contribution in [0.4, 0.5) is 10.1 Å². The number of nitrogens with zero attached hydrogens (tertiary/aromatic N) is 3. The third-order valence-corrected chi connectivity index (χ3v) is 3.90. The summed E-state index contributed by atoms with van der Waals surface area (Å²) in [5.41, 5.74) is 1.08. The standard InChI is InChI=1S/C16H20ClFN4O/c1-4-22-9-12(8-19-22)20-11(2)16(23)21(3)10-13-14(17)6-5-7-15(13)18/h5-9,11,20H,4,10H2,1-3H3/t11-/m1/s1. The van der Waals surface area contributed by atoms with Gasteiger partial charge in [0.2, 0.25) is 5.91 Å². The van der Waals surface area contributed by atoms with Crippen LogP contribution in [0.5, 0.6) is 0 Å². The van der Waals surface area contributed by atoms with Crippen molar-refractivity contribution >= 4 is 23.2 Å². The second kappa shape index (κ2) is 7.46. The number of amides is 1. The third-order valence-electron chi connectivity index (χ3n) is 3.54. The third kappa shape index (κ3) is 4.22. The lowest BCUT2D eigenvalue weighted by Gasteiger charge is -2.23. The molecule has 1 N–H and O–H groups in total. The number of aryl methyl sites for hydroxylation is 1. The lowest BCUT2D eigenvalue weighted by molar-refractivity contribution is -0.130. The lowest BCUT2D eigenvalue weighted by Crippen LogP contribution is -2.38. The first kappa shape index (κ1) is 17.3. The first-order valence-corrected chi connectivity index (χ1v) is 7.77. The van der Waals surface area contributed by atoms with E-state index in [-0.39, 0.29) is 12.5 Å². The Bertz CT molecular complexity index is 668. The van der Waals surface area contributed by atoms with Gasteiger partial charge in [0.25, 0.3) is 0 Å². The molecule has 1 amide bonds. The molecule has 0 aliphatic carbocycles. The number of anilines is 1. The van der Waals surface area contributed by atoms with Gasteiger partial charge in [0.05, 0.1) is 11.9 Å². The maximum Gasteiger partial charge on any atom is 0.244 e. The van der Waals surface area contributed by atoms with Gasteiger partial charge in [-0.15, -0.1) is 0 Å². The van der Waals surface area contributed by atoms with E-state index in [9.17, 15) is 9.18 Å². The molecule has 0 fully saturated rings. The zero-order valence-electron chi connectivity index (χ0n) is 13.4. The average Bonchev–Trinajstić information content (AvgIpc) is 2.97. The highest BCUT2D eigenvalue weighted by Crippen LogP contribution is 2.20. The van der Waals surface area contributed by atoms with E-state index in [0.717, 1.165) is 12.2 Å². The van der Waals surface area contributed by atoms with E-state index in [0.29, 0.717) is 10.6 Å². The largest absolute Gasteiger partial charge is 0.371 e. The summed E-state index contributed by atoms with van der Waals surface area (Å²) in [7, 11) is 1.62. The quantitative estimate of drug-likeness (QED) is 0.880. The summed E-state index contributed by atoms with van der Waals surface area (Å²) in [6.45, 7) is 4.61. The fourth-order valence-electron chi connectivity index (χ4n) is 2.25. The summed E-state index contributed by atoms with van der Waals surface area (Å²) in [5, 5.41) is 7.55. The highest BCUT2D eigenvalue weighted by atomic mass is 35.5. The molecule has 0 aliphatic rings. The van der Waals surface area contributed by atoms with E-state index < -0.39 is 11.9 Å². The summed E-state index contributed by atoms with van der Waals surface area (Å²) >= 11 is 6.00. The van der Waals surface area contributed by atoms with Crippen LogP contribution in [0.3, 0.4) is 0 Å². The van der Waals surface area contributed by atoms with Crippen LogP contribution in [0, 0.1) is 5.82 Å². The van der Waals surface area contributed by atoms with Crippen LogP contribution in [-0.4, -0.2) is 33.7 Å². The van der Waals surface area contributed by atoms with Crippen molar-refractivity contribution in [3.8, 4) is 0 Å². The normalized spacial score (nSPS) is 12.0. The predicted octanol–water partition coefficient (Wildman–Crippen LogP) is 3.15. The van der Waals surface area contributed by atoms with E-state index in [1.54, 1.807) is 37.0 Å². The van der Waals surface area contributed by atoms with E-state index in [2.05, 4.69) is 10.4 Å². The molecular formula is C16H20ClFN4O. The van der Waals surface area contributed by atoms with E-state index in [4.69, 9.17) is 11.6 Å². The van der Waals surface area contributed by atoms with E-state index in [1.807, 2.05) is 13.1 Å². The molecule has 0 aliphatic heterocycles. The van der Waals surface area contributed by atoms with Gasteiger partial charge in [0.1, 0.15) is 11.9 Å². The van der Waals surface area contributed by atoms with Crippen LogP contribution in [-0.2, 0) is 17.9 Å². The molecule has 1 aromatic heterocycles. The van der Waals surface area contributed by atoms with Gasteiger partial charge >= 0.3 is 0 Å². The molecule has 0 spiro atoms. The van der Waals surface area contributed by atoms with Crippen molar-refractivity contribution in [1.29, 1.82) is 0 Å². The SMILES string of the molecule is CCn1cc(N[C@H](C)C(=O)N(C)Cc2c(F)cccc2Cl)cn1. The van der Waals surface area contributed by atoms with Crippen molar-refractivity contribution in [3.63, 3.8) is 0 Å². The Kier molecular flexibility index (Phi) is 5.60. The molecule has 2 aromatic rings. The number of aromatic nitrogens is 2. The second-order valence-electron chi connectivity index (χ2n) is 5.35. The molecule has 0 bridgehead atoms. The van der Waals surface area contributed by atoms with E-state index >= 15 is 0 Å². The van der Waals surface area contributed by atoms with Crippen LogP contribution < -0.4 is 5.32 Å². The number of halogens is 2. The number of carbonyl (C=O) groups excluding carboxylic acids is 1. The Morgan fingerprint density at radius 2 is 2.26 bits per heavy atom. The fourth-order valence-corrected chi connectivity index (χ4v) is 2.47. The lowest BCUT2D eigenvalue weighted by atomic mass is 10.2. The summed E-state index contributed by atoms with van der Waals surface area (Å²) < 4.78 is 15.6. The topological polar surface area (TPSA) is 50.2 Å². The maximum absolute atomic E-state index is 13.8. The van der Waals surface area contributed by atoms with Crippen LogP contribution in [0.15, 0.2) is 30.6 Å². The first-order valence-electron chi connectivity index (χ1n) is 7.39. The molecule has 2 rings (SSSR count). The van der Waals surface area contributed by atoms with Gasteiger partial charge in [0.15, 0.2) is 0 Å². The summed E-state index contributed by atoms with van der Waals surface area (Å²) in [4.78, 5) is 13.9. The second-order valence-corrected chi connectivity index (χ2v) is 5.75. The highest BCUT2D eigenvalue weighted by molar-refractivity contribution is 6.31. The van der Waals surface area contributed by atoms with Gasteiger partial charge in [-0.05, 0) is 26.0 Å². The first-order chi connectivity index (χ1) is 10.9. The van der Waals surface area contributed by atoms with Gasteiger partial charge in [-0.25, -0.2) is 4.39 Å². The molecule has 0 saturated carbocycles. The molecule has 0 unspecified atom stereocenters. The Morgan fingerprint density at radius 3 is 2.87 bits per heavy atom. The van der Waals surface area contributed by atoms with Crippen molar-refractivity contribution in [2.24, 2.45) is 0 Å². The van der Waals surface area contributed by atoms with Crippen molar-refractivity contribution in [1.82, 2.24) is 14.7 Å². The molecule has 5 nitrogen and oxygen atoms in total. The number of hydrogen-bond donors (Lipinski definition) is 1. The van der Waals surface area contributed by atoms with Crippen molar-refractivity contribution in [2.45, 2.75) is 33.0 Å². The molecule has 1 atom stereocenters. The fraction of sp³-hybridized carbons (Fsp3) is 0.375. The van der Waals surface area contributed by atoms with Gasteiger partial charge < -0.3 is 10.2 Å².